The Morgan fingerprint density at radius 1 is 1.03 bits per heavy atom. The quantitative estimate of drug-likeness (QED) is 0.533. The molecule has 0 aliphatic carbocycles. The largest absolute Gasteiger partial charge is 0.468 e. The van der Waals surface area contributed by atoms with Crippen molar-refractivity contribution in [1.29, 1.82) is 0 Å². The van der Waals surface area contributed by atoms with E-state index < -0.39 is 0 Å². The maximum Gasteiger partial charge on any atom is 0.350 e. The molecule has 33 heavy (non-hydrogen) atoms. The second kappa shape index (κ2) is 9.75. The number of carbonyl (C=O) groups excluding carboxylic acids is 1. The molecular formula is C26H32N4O3. The van der Waals surface area contributed by atoms with Crippen LogP contribution >= 0.6 is 0 Å². The van der Waals surface area contributed by atoms with Crippen LogP contribution in [0.3, 0.4) is 0 Å². The fourth-order valence-corrected chi connectivity index (χ4v) is 4.60. The number of likely N-dealkylation sites (tertiary alicyclic amines) is 1. The van der Waals surface area contributed by atoms with Crippen molar-refractivity contribution in [2.75, 3.05) is 20.2 Å². The molecule has 0 radical (unpaired) electrons. The molecule has 0 amide bonds. The summed E-state index contributed by atoms with van der Waals surface area (Å²) in [6.07, 6.45) is 3.50. The van der Waals surface area contributed by atoms with Crippen molar-refractivity contribution in [2.24, 2.45) is 0 Å². The topological polar surface area (TPSA) is 69.4 Å². The minimum Gasteiger partial charge on any atom is -0.468 e. The standard InChI is InChI=1S/C26H32N4O3/c1-18(2)30-26(32)29(17-27-30)23-11-9-20(10-12-23)21-13-15-28(16-14-21)24(25(31)33-4)22-7-5-19(3)6-8-22/h5-12,17-18,21,24H,13-16H2,1-4H3. The third-order valence-electron chi connectivity index (χ3n) is 6.54. The molecule has 1 fully saturated rings. The summed E-state index contributed by atoms with van der Waals surface area (Å²) in [5.41, 5.74) is 4.09. The molecule has 2 aromatic carbocycles. The number of rotatable bonds is 6. The van der Waals surface area contributed by atoms with Gasteiger partial charge in [0.2, 0.25) is 0 Å². The van der Waals surface area contributed by atoms with E-state index in [1.807, 2.05) is 57.2 Å². The Labute approximate surface area is 194 Å². The first kappa shape index (κ1) is 23.0. The number of hydrogen-bond donors (Lipinski definition) is 0. The number of hydrogen-bond acceptors (Lipinski definition) is 5. The fourth-order valence-electron chi connectivity index (χ4n) is 4.60. The van der Waals surface area contributed by atoms with Gasteiger partial charge >= 0.3 is 11.7 Å². The molecule has 0 bridgehead atoms. The van der Waals surface area contributed by atoms with Crippen molar-refractivity contribution in [3.63, 3.8) is 0 Å². The van der Waals surface area contributed by atoms with Crippen molar-refractivity contribution >= 4 is 5.97 Å². The Kier molecular flexibility index (Phi) is 6.79. The van der Waals surface area contributed by atoms with Crippen LogP contribution in [0.25, 0.3) is 5.69 Å². The van der Waals surface area contributed by atoms with E-state index in [1.54, 1.807) is 10.9 Å². The van der Waals surface area contributed by atoms with Crippen molar-refractivity contribution < 1.29 is 9.53 Å². The second-order valence-corrected chi connectivity index (χ2v) is 9.06. The molecule has 1 aliphatic rings. The van der Waals surface area contributed by atoms with Gasteiger partial charge in [-0.2, -0.15) is 5.10 Å². The number of carbonyl (C=O) groups is 1. The first-order valence-electron chi connectivity index (χ1n) is 11.5. The number of aromatic nitrogens is 3. The lowest BCUT2D eigenvalue weighted by atomic mass is 9.88. The molecule has 1 atom stereocenters. The van der Waals surface area contributed by atoms with E-state index in [0.717, 1.165) is 37.2 Å². The Bertz CT molecular complexity index is 1140. The minimum absolute atomic E-state index is 0.0249. The summed E-state index contributed by atoms with van der Waals surface area (Å²) in [6, 6.07) is 15.9. The molecule has 1 unspecified atom stereocenters. The van der Waals surface area contributed by atoms with Gasteiger partial charge in [0.15, 0.2) is 0 Å². The van der Waals surface area contributed by atoms with Crippen LogP contribution in [0.4, 0.5) is 0 Å². The van der Waals surface area contributed by atoms with E-state index in [4.69, 9.17) is 4.74 Å². The molecule has 7 heteroatoms. The molecule has 1 saturated heterocycles. The number of ether oxygens (including phenoxy) is 1. The Morgan fingerprint density at radius 3 is 2.21 bits per heavy atom. The molecule has 3 aromatic rings. The summed E-state index contributed by atoms with van der Waals surface area (Å²) in [5.74, 6) is 0.204. The summed E-state index contributed by atoms with van der Waals surface area (Å²) < 4.78 is 8.19. The normalized spacial score (nSPS) is 16.2. The first-order chi connectivity index (χ1) is 15.9. The highest BCUT2D eigenvalue weighted by molar-refractivity contribution is 5.77. The van der Waals surface area contributed by atoms with Crippen molar-refractivity contribution in [3.05, 3.63) is 82.0 Å². The third-order valence-corrected chi connectivity index (χ3v) is 6.54. The van der Waals surface area contributed by atoms with Gasteiger partial charge in [-0.15, -0.1) is 0 Å². The van der Waals surface area contributed by atoms with Gasteiger partial charge in [-0.3, -0.25) is 4.90 Å². The molecule has 7 nitrogen and oxygen atoms in total. The molecule has 2 heterocycles. The van der Waals surface area contributed by atoms with Gasteiger partial charge in [0.25, 0.3) is 0 Å². The van der Waals surface area contributed by atoms with Gasteiger partial charge in [-0.25, -0.2) is 18.8 Å². The van der Waals surface area contributed by atoms with Crippen LogP contribution in [-0.4, -0.2) is 45.4 Å². The lowest BCUT2D eigenvalue weighted by Crippen LogP contribution is -2.40. The van der Waals surface area contributed by atoms with E-state index in [1.165, 1.54) is 22.9 Å². The highest BCUT2D eigenvalue weighted by atomic mass is 16.5. The molecule has 1 aromatic heterocycles. The van der Waals surface area contributed by atoms with Crippen LogP contribution in [0, 0.1) is 6.92 Å². The molecule has 4 rings (SSSR count). The van der Waals surface area contributed by atoms with E-state index in [-0.39, 0.29) is 23.7 Å². The SMILES string of the molecule is COC(=O)C(c1ccc(C)cc1)N1CCC(c2ccc(-n3cnn(C(C)C)c3=O)cc2)CC1. The van der Waals surface area contributed by atoms with Crippen molar-refractivity contribution in [1.82, 2.24) is 19.2 Å². The zero-order valence-electron chi connectivity index (χ0n) is 19.8. The zero-order chi connectivity index (χ0) is 23.5. The number of methoxy groups -OCH3 is 1. The molecule has 0 N–H and O–H groups in total. The summed E-state index contributed by atoms with van der Waals surface area (Å²) in [4.78, 5) is 27.3. The first-order valence-corrected chi connectivity index (χ1v) is 11.5. The summed E-state index contributed by atoms with van der Waals surface area (Å²) >= 11 is 0. The average Bonchev–Trinajstić information content (AvgIpc) is 3.22. The molecule has 0 spiro atoms. The minimum atomic E-state index is -0.372. The monoisotopic (exact) mass is 448 g/mol. The van der Waals surface area contributed by atoms with Gasteiger partial charge in [0, 0.05) is 0 Å². The van der Waals surface area contributed by atoms with Gasteiger partial charge < -0.3 is 4.74 Å². The number of esters is 1. The molecule has 174 valence electrons. The van der Waals surface area contributed by atoms with Gasteiger partial charge in [0.1, 0.15) is 12.4 Å². The molecule has 0 saturated carbocycles. The fraction of sp³-hybridized carbons (Fsp3) is 0.423. The van der Waals surface area contributed by atoms with Gasteiger partial charge in [0.05, 0.1) is 18.8 Å². The highest BCUT2D eigenvalue weighted by Crippen LogP contribution is 2.33. The van der Waals surface area contributed by atoms with Gasteiger partial charge in [-0.1, -0.05) is 42.0 Å². The Morgan fingerprint density at radius 2 is 1.67 bits per heavy atom. The van der Waals surface area contributed by atoms with Crippen molar-refractivity contribution in [2.45, 2.75) is 51.6 Å². The Hall–Kier alpha value is -3.19. The molecular weight excluding hydrogens is 416 g/mol. The van der Waals surface area contributed by atoms with Crippen LogP contribution in [-0.2, 0) is 9.53 Å². The lowest BCUT2D eigenvalue weighted by Gasteiger charge is -2.36. The summed E-state index contributed by atoms with van der Waals surface area (Å²) in [5, 5.41) is 4.20. The third kappa shape index (κ3) is 4.78. The van der Waals surface area contributed by atoms with Crippen LogP contribution in [0.5, 0.6) is 0 Å². The van der Waals surface area contributed by atoms with Crippen LogP contribution < -0.4 is 5.69 Å². The Balaban J connectivity index is 1.45. The van der Waals surface area contributed by atoms with Gasteiger partial charge in [-0.05, 0) is 75.9 Å². The zero-order valence-corrected chi connectivity index (χ0v) is 19.8. The van der Waals surface area contributed by atoms with Crippen LogP contribution in [0.1, 0.15) is 61.4 Å². The smallest absolute Gasteiger partial charge is 0.350 e. The van der Waals surface area contributed by atoms with E-state index in [9.17, 15) is 9.59 Å². The van der Waals surface area contributed by atoms with E-state index in [2.05, 4.69) is 22.1 Å². The number of piperidine rings is 1. The predicted molar refractivity (Wildman–Crippen MR) is 128 cm³/mol. The number of nitrogens with zero attached hydrogens (tertiary/aromatic N) is 4. The van der Waals surface area contributed by atoms with Crippen molar-refractivity contribution in [3.8, 4) is 5.69 Å². The van der Waals surface area contributed by atoms with Crippen LogP contribution in [0.15, 0.2) is 59.7 Å². The predicted octanol–water partition coefficient (Wildman–Crippen LogP) is 4.02. The number of benzene rings is 2. The summed E-state index contributed by atoms with van der Waals surface area (Å²) in [7, 11) is 1.45. The maximum absolute atomic E-state index is 12.6. The van der Waals surface area contributed by atoms with E-state index >= 15 is 0 Å². The van der Waals surface area contributed by atoms with Crippen LogP contribution in [0.2, 0.25) is 0 Å². The highest BCUT2D eigenvalue weighted by Gasteiger charge is 2.32. The number of aryl methyl sites for hydroxylation is 1. The average molecular weight is 449 g/mol. The van der Waals surface area contributed by atoms with E-state index in [0.29, 0.717) is 5.92 Å². The lowest BCUT2D eigenvalue weighted by molar-refractivity contribution is -0.147. The molecule has 1 aliphatic heterocycles. The maximum atomic E-state index is 12.6. The summed E-state index contributed by atoms with van der Waals surface area (Å²) in [6.45, 7) is 7.57. The second-order valence-electron chi connectivity index (χ2n) is 9.06.